The predicted octanol–water partition coefficient (Wildman–Crippen LogP) is 3.38. The van der Waals surface area contributed by atoms with Gasteiger partial charge in [-0.2, -0.15) is 0 Å². The van der Waals surface area contributed by atoms with E-state index in [1.165, 1.54) is 24.0 Å². The average molecular weight is 654 g/mol. The standard InChI is InChI=1S/C27H35Cl3N2O8S/c1-13(7-18-24(36)23(35)17(12-38-18)9-19-25(39-19)14(2)15(3)33)8-21(34)31-11-20(40-26(37)27(28,29)30)16-5-6-22(41-4)32-10-16/h5-6,8,10-11,14-15,17-19,23-25,33,35-36H,7,9,12H2,1-4H3,(H,31,34)/b13-8+,20-11+/t14-,15-,17-,18-,19-,23+,24-,25-/m0/s1. The number of epoxide rings is 1. The predicted molar refractivity (Wildman–Crippen MR) is 156 cm³/mol. The monoisotopic (exact) mass is 652 g/mol. The molecule has 0 saturated carbocycles. The second-order valence-corrected chi connectivity index (χ2v) is 13.4. The number of carbonyl (C=O) groups is 2. The Kier molecular flexibility index (Phi) is 12.3. The molecule has 10 nitrogen and oxygen atoms in total. The van der Waals surface area contributed by atoms with Crippen molar-refractivity contribution in [2.24, 2.45) is 11.8 Å². The van der Waals surface area contributed by atoms with Crippen LogP contribution >= 0.6 is 46.6 Å². The van der Waals surface area contributed by atoms with E-state index in [4.69, 9.17) is 49.0 Å². The first-order valence-electron chi connectivity index (χ1n) is 13.0. The summed E-state index contributed by atoms with van der Waals surface area (Å²) in [6.07, 6.45) is 2.90. The molecule has 41 heavy (non-hydrogen) atoms. The molecular formula is C27H35Cl3N2O8S. The van der Waals surface area contributed by atoms with Crippen molar-refractivity contribution in [1.29, 1.82) is 0 Å². The van der Waals surface area contributed by atoms with E-state index in [2.05, 4.69) is 10.3 Å². The molecule has 0 aromatic carbocycles. The molecule has 2 fully saturated rings. The van der Waals surface area contributed by atoms with E-state index >= 15 is 0 Å². The Balaban J connectivity index is 1.58. The Hall–Kier alpha value is -1.41. The molecule has 1 aromatic heterocycles. The zero-order chi connectivity index (χ0) is 30.5. The fourth-order valence-electron chi connectivity index (χ4n) is 4.47. The summed E-state index contributed by atoms with van der Waals surface area (Å²) in [6, 6.07) is 3.33. The lowest BCUT2D eigenvalue weighted by Gasteiger charge is -2.38. The van der Waals surface area contributed by atoms with Crippen LogP contribution < -0.4 is 5.32 Å². The lowest BCUT2D eigenvalue weighted by molar-refractivity contribution is -0.165. The molecule has 0 radical (unpaired) electrons. The number of nitrogens with one attached hydrogen (secondary N) is 1. The van der Waals surface area contributed by atoms with Gasteiger partial charge >= 0.3 is 5.97 Å². The minimum atomic E-state index is -2.33. The van der Waals surface area contributed by atoms with E-state index in [1.807, 2.05) is 13.2 Å². The number of pyridine rings is 1. The van der Waals surface area contributed by atoms with Gasteiger partial charge in [-0.25, -0.2) is 9.78 Å². The molecule has 1 amide bonds. The van der Waals surface area contributed by atoms with Gasteiger partial charge in [0.1, 0.15) is 6.10 Å². The van der Waals surface area contributed by atoms with E-state index in [0.29, 0.717) is 17.6 Å². The van der Waals surface area contributed by atoms with Crippen LogP contribution in [0.2, 0.25) is 0 Å². The molecule has 0 unspecified atom stereocenters. The Bertz CT molecular complexity index is 1130. The number of hydrogen-bond acceptors (Lipinski definition) is 10. The van der Waals surface area contributed by atoms with Crippen LogP contribution in [0.4, 0.5) is 0 Å². The lowest BCUT2D eigenvalue weighted by Crippen LogP contribution is -2.50. The zero-order valence-electron chi connectivity index (χ0n) is 23.0. The van der Waals surface area contributed by atoms with Gasteiger partial charge in [0.15, 0.2) is 5.76 Å². The molecule has 14 heteroatoms. The molecule has 0 aliphatic carbocycles. The average Bonchev–Trinajstić information content (AvgIpc) is 3.68. The number of nitrogens with zero attached hydrogens (tertiary/aromatic N) is 1. The van der Waals surface area contributed by atoms with Crippen molar-refractivity contribution in [3.05, 3.63) is 41.7 Å². The third kappa shape index (κ3) is 9.80. The Morgan fingerprint density at radius 2 is 1.95 bits per heavy atom. The second-order valence-electron chi connectivity index (χ2n) is 10.3. The first-order valence-corrected chi connectivity index (χ1v) is 15.4. The summed E-state index contributed by atoms with van der Waals surface area (Å²) in [7, 11) is 0. The van der Waals surface area contributed by atoms with E-state index in [1.54, 1.807) is 26.0 Å². The molecule has 3 heterocycles. The van der Waals surface area contributed by atoms with Crippen LogP contribution in [-0.2, 0) is 23.8 Å². The largest absolute Gasteiger partial charge is 0.421 e. The maximum absolute atomic E-state index is 12.6. The second kappa shape index (κ2) is 14.9. The molecule has 1 aromatic rings. The van der Waals surface area contributed by atoms with Gasteiger partial charge in [-0.05, 0) is 45.1 Å². The van der Waals surface area contributed by atoms with E-state index in [0.717, 1.165) is 11.2 Å². The summed E-state index contributed by atoms with van der Waals surface area (Å²) < 4.78 is 14.4. The van der Waals surface area contributed by atoms with Crippen molar-refractivity contribution in [1.82, 2.24) is 10.3 Å². The van der Waals surface area contributed by atoms with Gasteiger partial charge in [0.05, 0.1) is 42.2 Å². The zero-order valence-corrected chi connectivity index (χ0v) is 26.1. The number of ether oxygens (including phenoxy) is 3. The van der Waals surface area contributed by atoms with E-state index < -0.39 is 40.1 Å². The van der Waals surface area contributed by atoms with Crippen molar-refractivity contribution in [3.8, 4) is 0 Å². The van der Waals surface area contributed by atoms with Gasteiger partial charge in [-0.1, -0.05) is 47.3 Å². The quantitative estimate of drug-likeness (QED) is 0.0699. The maximum atomic E-state index is 12.6. The molecule has 0 bridgehead atoms. The molecular weight excluding hydrogens is 619 g/mol. The van der Waals surface area contributed by atoms with Crippen molar-refractivity contribution in [3.63, 3.8) is 0 Å². The van der Waals surface area contributed by atoms with Crippen molar-refractivity contribution in [2.75, 3.05) is 12.9 Å². The van der Waals surface area contributed by atoms with Crippen LogP contribution in [0.1, 0.15) is 39.2 Å². The SMILES string of the molecule is CSc1ccc(/C(=C\NC(=O)/C=C(\C)C[C@@H]2OC[C@H](C[C@@H]3O[C@H]3[C@@H](C)[C@H](C)O)[C@@H](O)[C@H]2O)OC(=O)C(Cl)(Cl)Cl)cn1. The highest BCUT2D eigenvalue weighted by molar-refractivity contribution is 7.98. The number of hydrogen-bond donors (Lipinski definition) is 4. The van der Waals surface area contributed by atoms with Crippen LogP contribution in [0.5, 0.6) is 0 Å². The number of aromatic nitrogens is 1. The first kappa shape index (κ1) is 34.1. The Morgan fingerprint density at radius 1 is 1.24 bits per heavy atom. The Morgan fingerprint density at radius 3 is 2.54 bits per heavy atom. The van der Waals surface area contributed by atoms with Crippen molar-refractivity contribution >= 4 is 64.2 Å². The van der Waals surface area contributed by atoms with Gasteiger partial charge in [0, 0.05) is 35.9 Å². The highest BCUT2D eigenvalue weighted by atomic mass is 35.6. The summed E-state index contributed by atoms with van der Waals surface area (Å²) in [5, 5.41) is 34.4. The fourth-order valence-corrected chi connectivity index (χ4v) is 4.94. The summed E-state index contributed by atoms with van der Waals surface area (Å²) in [5.74, 6) is -2.14. The summed E-state index contributed by atoms with van der Waals surface area (Å²) in [6.45, 7) is 5.53. The number of carbonyl (C=O) groups excluding carboxylic acids is 2. The van der Waals surface area contributed by atoms with Gasteiger partial charge in [-0.15, -0.1) is 11.8 Å². The normalized spacial score (nSPS) is 28.5. The number of esters is 1. The van der Waals surface area contributed by atoms with Gasteiger partial charge in [0.2, 0.25) is 5.91 Å². The first-order chi connectivity index (χ1) is 19.2. The number of aliphatic hydroxyl groups excluding tert-OH is 3. The summed E-state index contributed by atoms with van der Waals surface area (Å²) in [5.41, 5.74) is 0.935. The van der Waals surface area contributed by atoms with E-state index in [-0.39, 0.29) is 42.8 Å². The van der Waals surface area contributed by atoms with Gasteiger partial charge < -0.3 is 34.8 Å². The number of aliphatic hydroxyl groups is 3. The Labute approximate surface area is 258 Å². The highest BCUT2D eigenvalue weighted by Crippen LogP contribution is 2.38. The fraction of sp³-hybridized carbons (Fsp3) is 0.593. The van der Waals surface area contributed by atoms with Crippen molar-refractivity contribution < 1.29 is 39.1 Å². The molecule has 4 N–H and O–H groups in total. The minimum absolute atomic E-state index is 0.0249. The number of amides is 1. The number of thioether (sulfide) groups is 1. The topological polar surface area (TPSA) is 151 Å². The third-order valence-electron chi connectivity index (χ3n) is 7.08. The number of rotatable bonds is 11. The molecule has 2 aliphatic heterocycles. The third-order valence-corrected chi connectivity index (χ3v) is 8.21. The van der Waals surface area contributed by atoms with Crippen LogP contribution in [0.3, 0.4) is 0 Å². The van der Waals surface area contributed by atoms with Gasteiger partial charge in [0.25, 0.3) is 3.79 Å². The molecule has 228 valence electrons. The maximum Gasteiger partial charge on any atom is 0.364 e. The van der Waals surface area contributed by atoms with Gasteiger partial charge in [-0.3, -0.25) is 4.79 Å². The van der Waals surface area contributed by atoms with Crippen LogP contribution in [0, 0.1) is 11.8 Å². The minimum Gasteiger partial charge on any atom is -0.421 e. The molecule has 3 rings (SSSR count). The van der Waals surface area contributed by atoms with Crippen LogP contribution in [0.15, 0.2) is 41.2 Å². The molecule has 0 spiro atoms. The number of alkyl halides is 3. The summed E-state index contributed by atoms with van der Waals surface area (Å²) in [4.78, 5) is 29.0. The molecule has 2 aliphatic rings. The molecule has 8 atom stereocenters. The smallest absolute Gasteiger partial charge is 0.364 e. The summed E-state index contributed by atoms with van der Waals surface area (Å²) >= 11 is 18.3. The van der Waals surface area contributed by atoms with Crippen molar-refractivity contribution in [2.45, 2.75) is 79.1 Å². The molecule has 2 saturated heterocycles. The van der Waals surface area contributed by atoms with Crippen LogP contribution in [0.25, 0.3) is 5.76 Å². The van der Waals surface area contributed by atoms with Crippen LogP contribution in [-0.4, -0.2) is 85.5 Å². The highest BCUT2D eigenvalue weighted by Gasteiger charge is 2.48. The lowest BCUT2D eigenvalue weighted by atomic mass is 9.85. The van der Waals surface area contributed by atoms with E-state index in [9.17, 15) is 24.9 Å². The number of halogens is 3.